The van der Waals surface area contributed by atoms with Gasteiger partial charge in [-0.1, -0.05) is 42.5 Å². The van der Waals surface area contributed by atoms with E-state index >= 15 is 0 Å². The third-order valence-electron chi connectivity index (χ3n) is 3.20. The Labute approximate surface area is 122 Å². The van der Waals surface area contributed by atoms with Crippen molar-refractivity contribution in [3.63, 3.8) is 0 Å². The fourth-order valence-corrected chi connectivity index (χ4v) is 2.12. The van der Waals surface area contributed by atoms with Crippen LogP contribution in [0.1, 0.15) is 16.1 Å². The van der Waals surface area contributed by atoms with Crippen molar-refractivity contribution < 1.29 is 4.79 Å². The van der Waals surface area contributed by atoms with E-state index in [0.29, 0.717) is 11.4 Å². The molecule has 21 heavy (non-hydrogen) atoms. The normalized spacial score (nSPS) is 10.3. The third-order valence-corrected chi connectivity index (χ3v) is 3.20. The Morgan fingerprint density at radius 1 is 1.00 bits per heavy atom. The van der Waals surface area contributed by atoms with Crippen LogP contribution in [0.5, 0.6) is 0 Å². The van der Waals surface area contributed by atoms with Crippen LogP contribution in [0.2, 0.25) is 0 Å². The van der Waals surface area contributed by atoms with E-state index in [4.69, 9.17) is 0 Å². The smallest absolute Gasteiger partial charge is 0.256 e. The number of aromatic nitrogens is 2. The minimum atomic E-state index is -0.166. The Morgan fingerprint density at radius 3 is 2.29 bits per heavy atom. The quantitative estimate of drug-likeness (QED) is 0.768. The number of hydrogen-bond donors (Lipinski definition) is 2. The molecule has 1 amide bonds. The van der Waals surface area contributed by atoms with Crippen molar-refractivity contribution in [1.82, 2.24) is 10.2 Å². The number of nitrogens with zero attached hydrogens (tertiary/aromatic N) is 1. The number of amides is 1. The van der Waals surface area contributed by atoms with E-state index in [9.17, 15) is 4.79 Å². The molecule has 3 rings (SSSR count). The van der Waals surface area contributed by atoms with Crippen LogP contribution < -0.4 is 5.32 Å². The standard InChI is InChI=1S/C17H15N3O/c1-12-11-16(20-19-12)18-17(21)15-9-7-14(8-10-15)13-5-3-2-4-6-13/h2-11H,1H3,(H2,18,19,20,21). The maximum atomic E-state index is 12.1. The molecule has 0 fully saturated rings. The van der Waals surface area contributed by atoms with Crippen LogP contribution in [-0.4, -0.2) is 16.1 Å². The topological polar surface area (TPSA) is 57.8 Å². The summed E-state index contributed by atoms with van der Waals surface area (Å²) in [5, 5.41) is 9.54. The lowest BCUT2D eigenvalue weighted by molar-refractivity contribution is 0.102. The summed E-state index contributed by atoms with van der Waals surface area (Å²) in [6, 6.07) is 19.4. The summed E-state index contributed by atoms with van der Waals surface area (Å²) in [4.78, 5) is 12.1. The third kappa shape index (κ3) is 3.00. The van der Waals surface area contributed by atoms with Crippen molar-refractivity contribution in [1.29, 1.82) is 0 Å². The molecule has 1 aromatic heterocycles. The molecule has 0 spiro atoms. The van der Waals surface area contributed by atoms with Gasteiger partial charge in [0, 0.05) is 17.3 Å². The van der Waals surface area contributed by atoms with Crippen LogP contribution in [0.15, 0.2) is 60.7 Å². The van der Waals surface area contributed by atoms with Gasteiger partial charge in [0.25, 0.3) is 5.91 Å². The summed E-state index contributed by atoms with van der Waals surface area (Å²) in [6.45, 7) is 1.89. The van der Waals surface area contributed by atoms with Crippen LogP contribution in [0.3, 0.4) is 0 Å². The second-order valence-corrected chi connectivity index (χ2v) is 4.83. The highest BCUT2D eigenvalue weighted by molar-refractivity contribution is 6.04. The van der Waals surface area contributed by atoms with Crippen LogP contribution in [0.25, 0.3) is 11.1 Å². The molecule has 2 N–H and O–H groups in total. The molecule has 2 aromatic carbocycles. The molecule has 0 aliphatic heterocycles. The number of nitrogens with one attached hydrogen (secondary N) is 2. The zero-order valence-corrected chi connectivity index (χ0v) is 11.6. The summed E-state index contributed by atoms with van der Waals surface area (Å²) in [7, 11) is 0. The lowest BCUT2D eigenvalue weighted by Crippen LogP contribution is -2.11. The summed E-state index contributed by atoms with van der Waals surface area (Å²) in [5.74, 6) is 0.366. The first-order chi connectivity index (χ1) is 10.2. The van der Waals surface area contributed by atoms with E-state index in [-0.39, 0.29) is 5.91 Å². The van der Waals surface area contributed by atoms with Crippen LogP contribution >= 0.6 is 0 Å². The number of rotatable bonds is 3. The fraction of sp³-hybridized carbons (Fsp3) is 0.0588. The van der Waals surface area contributed by atoms with Crippen LogP contribution in [0.4, 0.5) is 5.82 Å². The number of carbonyl (C=O) groups is 1. The highest BCUT2D eigenvalue weighted by atomic mass is 16.1. The zero-order chi connectivity index (χ0) is 14.7. The van der Waals surface area contributed by atoms with Crippen molar-refractivity contribution in [2.75, 3.05) is 5.32 Å². The van der Waals surface area contributed by atoms with E-state index in [2.05, 4.69) is 15.5 Å². The Balaban J connectivity index is 1.76. The molecule has 4 nitrogen and oxygen atoms in total. The van der Waals surface area contributed by atoms with E-state index in [1.165, 1.54) is 0 Å². The lowest BCUT2D eigenvalue weighted by atomic mass is 10.0. The number of anilines is 1. The number of carbonyl (C=O) groups excluding carboxylic acids is 1. The first-order valence-electron chi connectivity index (χ1n) is 6.71. The number of aryl methyl sites for hydroxylation is 1. The first kappa shape index (κ1) is 13.1. The number of hydrogen-bond acceptors (Lipinski definition) is 2. The molecule has 104 valence electrons. The van der Waals surface area contributed by atoms with Gasteiger partial charge in [0.2, 0.25) is 0 Å². The van der Waals surface area contributed by atoms with Gasteiger partial charge in [-0.05, 0) is 30.2 Å². The second kappa shape index (κ2) is 5.63. The molecule has 0 aliphatic rings. The molecule has 0 radical (unpaired) electrons. The second-order valence-electron chi connectivity index (χ2n) is 4.83. The fourth-order valence-electron chi connectivity index (χ4n) is 2.12. The summed E-state index contributed by atoms with van der Waals surface area (Å²) in [6.07, 6.45) is 0. The molecule has 0 saturated carbocycles. The van der Waals surface area contributed by atoms with E-state index in [1.54, 1.807) is 6.07 Å². The lowest BCUT2D eigenvalue weighted by Gasteiger charge is -2.04. The molecular formula is C17H15N3O. The van der Waals surface area contributed by atoms with Gasteiger partial charge in [0.05, 0.1) is 0 Å². The maximum Gasteiger partial charge on any atom is 0.256 e. The monoisotopic (exact) mass is 277 g/mol. The van der Waals surface area contributed by atoms with Gasteiger partial charge >= 0.3 is 0 Å². The summed E-state index contributed by atoms with van der Waals surface area (Å²) < 4.78 is 0. The molecule has 3 aromatic rings. The molecule has 0 unspecified atom stereocenters. The molecule has 0 saturated heterocycles. The van der Waals surface area contributed by atoms with Gasteiger partial charge in [-0.2, -0.15) is 5.10 Å². The van der Waals surface area contributed by atoms with Gasteiger partial charge in [0.1, 0.15) is 0 Å². The van der Waals surface area contributed by atoms with Gasteiger partial charge in [-0.25, -0.2) is 0 Å². The highest BCUT2D eigenvalue weighted by Gasteiger charge is 2.08. The minimum Gasteiger partial charge on any atom is -0.305 e. The van der Waals surface area contributed by atoms with E-state index in [0.717, 1.165) is 16.8 Å². The van der Waals surface area contributed by atoms with Crippen molar-refractivity contribution in [2.24, 2.45) is 0 Å². The minimum absolute atomic E-state index is 0.166. The Hall–Kier alpha value is -2.88. The SMILES string of the molecule is Cc1cc(NC(=O)c2ccc(-c3ccccc3)cc2)n[nH]1. The molecule has 1 heterocycles. The predicted molar refractivity (Wildman–Crippen MR) is 83.2 cm³/mol. The molecule has 0 aliphatic carbocycles. The van der Waals surface area contributed by atoms with E-state index < -0.39 is 0 Å². The van der Waals surface area contributed by atoms with Gasteiger partial charge in [-0.3, -0.25) is 9.89 Å². The van der Waals surface area contributed by atoms with Crippen molar-refractivity contribution in [2.45, 2.75) is 6.92 Å². The Bertz CT molecular complexity index is 745. The number of H-pyrrole nitrogens is 1. The maximum absolute atomic E-state index is 12.1. The summed E-state index contributed by atoms with van der Waals surface area (Å²) >= 11 is 0. The van der Waals surface area contributed by atoms with Crippen molar-refractivity contribution in [3.8, 4) is 11.1 Å². The van der Waals surface area contributed by atoms with Gasteiger partial charge in [-0.15, -0.1) is 0 Å². The summed E-state index contributed by atoms with van der Waals surface area (Å²) in [5.41, 5.74) is 3.73. The highest BCUT2D eigenvalue weighted by Crippen LogP contribution is 2.19. The Morgan fingerprint density at radius 2 is 1.67 bits per heavy atom. The van der Waals surface area contributed by atoms with Gasteiger partial charge in [0.15, 0.2) is 5.82 Å². The predicted octanol–water partition coefficient (Wildman–Crippen LogP) is 3.64. The Kier molecular flexibility index (Phi) is 3.51. The largest absolute Gasteiger partial charge is 0.305 e. The molecular weight excluding hydrogens is 262 g/mol. The molecule has 0 bridgehead atoms. The number of aromatic amines is 1. The van der Waals surface area contributed by atoms with E-state index in [1.807, 2.05) is 61.5 Å². The number of benzene rings is 2. The van der Waals surface area contributed by atoms with Crippen LogP contribution in [0, 0.1) is 6.92 Å². The average Bonchev–Trinajstić information content (AvgIpc) is 2.93. The molecule has 0 atom stereocenters. The van der Waals surface area contributed by atoms with Crippen LogP contribution in [-0.2, 0) is 0 Å². The first-order valence-corrected chi connectivity index (χ1v) is 6.71. The van der Waals surface area contributed by atoms with Crippen molar-refractivity contribution in [3.05, 3.63) is 71.9 Å². The molecule has 4 heteroatoms. The zero-order valence-electron chi connectivity index (χ0n) is 11.6. The van der Waals surface area contributed by atoms with Crippen molar-refractivity contribution >= 4 is 11.7 Å². The average molecular weight is 277 g/mol. The van der Waals surface area contributed by atoms with Gasteiger partial charge < -0.3 is 5.32 Å².